The molecule has 0 bridgehead atoms. The smallest absolute Gasteiger partial charge is 0.235 e. The van der Waals surface area contributed by atoms with Crippen molar-refractivity contribution >= 4 is 11.9 Å². The maximum atomic E-state index is 13.0. The molecule has 1 saturated carbocycles. The van der Waals surface area contributed by atoms with E-state index < -0.39 is 5.54 Å². The Kier molecular flexibility index (Phi) is 3.83. The van der Waals surface area contributed by atoms with Gasteiger partial charge in [-0.2, -0.15) is 0 Å². The van der Waals surface area contributed by atoms with Crippen LogP contribution in [0, 0.1) is 18.8 Å². The molecule has 26 heavy (non-hydrogen) atoms. The molecule has 0 saturated heterocycles. The van der Waals surface area contributed by atoms with Crippen LogP contribution in [0.25, 0.3) is 11.3 Å². The quantitative estimate of drug-likeness (QED) is 0.926. The zero-order valence-electron chi connectivity index (χ0n) is 15.4. The van der Waals surface area contributed by atoms with Crippen molar-refractivity contribution in [2.45, 2.75) is 32.2 Å². The molecular weight excluding hydrogens is 324 g/mol. The van der Waals surface area contributed by atoms with E-state index in [0.29, 0.717) is 5.92 Å². The molecule has 1 aliphatic carbocycles. The summed E-state index contributed by atoms with van der Waals surface area (Å²) >= 11 is 0. The van der Waals surface area contributed by atoms with E-state index in [-0.39, 0.29) is 17.8 Å². The van der Waals surface area contributed by atoms with E-state index in [1.54, 1.807) is 13.2 Å². The lowest BCUT2D eigenvalue weighted by Gasteiger charge is -2.41. The van der Waals surface area contributed by atoms with Gasteiger partial charge in [0.2, 0.25) is 5.91 Å². The van der Waals surface area contributed by atoms with Gasteiger partial charge in [0.1, 0.15) is 0 Å². The van der Waals surface area contributed by atoms with Crippen LogP contribution in [0.2, 0.25) is 0 Å². The second-order valence-corrected chi connectivity index (χ2v) is 7.63. The highest BCUT2D eigenvalue weighted by Gasteiger charge is 2.53. The molecule has 5 heteroatoms. The van der Waals surface area contributed by atoms with Gasteiger partial charge in [-0.25, -0.2) is 4.99 Å². The molecule has 0 spiro atoms. The maximum Gasteiger partial charge on any atom is 0.235 e. The number of hydrogen-bond donors (Lipinski definition) is 1. The van der Waals surface area contributed by atoms with Gasteiger partial charge in [0.05, 0.1) is 17.2 Å². The summed E-state index contributed by atoms with van der Waals surface area (Å²) < 4.78 is 0. The molecule has 2 aromatic rings. The number of guanidine groups is 1. The van der Waals surface area contributed by atoms with Gasteiger partial charge < -0.3 is 5.73 Å². The lowest BCUT2D eigenvalue weighted by Crippen LogP contribution is -2.54. The van der Waals surface area contributed by atoms with E-state index in [0.717, 1.165) is 29.7 Å². The van der Waals surface area contributed by atoms with E-state index in [4.69, 9.17) is 10.7 Å². The minimum Gasteiger partial charge on any atom is -0.369 e. The second kappa shape index (κ2) is 5.94. The lowest BCUT2D eigenvalue weighted by molar-refractivity contribution is -0.135. The highest BCUT2D eigenvalue weighted by Crippen LogP contribution is 2.50. The molecule has 0 unspecified atom stereocenters. The normalized spacial score (nSPS) is 26.0. The first-order valence-electron chi connectivity index (χ1n) is 9.06. The van der Waals surface area contributed by atoms with E-state index >= 15 is 0 Å². The second-order valence-electron chi connectivity index (χ2n) is 7.63. The van der Waals surface area contributed by atoms with Crippen LogP contribution in [0.4, 0.5) is 0 Å². The van der Waals surface area contributed by atoms with Crippen LogP contribution in [0.5, 0.6) is 0 Å². The van der Waals surface area contributed by atoms with Crippen molar-refractivity contribution in [3.05, 3.63) is 53.7 Å². The number of aromatic nitrogens is 1. The highest BCUT2D eigenvalue weighted by atomic mass is 16.2. The first-order valence-corrected chi connectivity index (χ1v) is 9.06. The van der Waals surface area contributed by atoms with Crippen molar-refractivity contribution in [2.24, 2.45) is 22.6 Å². The number of carbonyl (C=O) groups is 1. The zero-order valence-corrected chi connectivity index (χ0v) is 15.4. The standard InChI is InChI=1S/C21H24N4O/c1-13-5-4-6-15(11-13)17-12-16(9-10-23-17)21(2)18(14-7-8-14)19(26)25(3)20(22)24-21/h4-6,9-12,14,18H,7-8H2,1-3H3,(H2,22,24)/t18-,21+/m0/s1. The molecular formula is C21H24N4O. The predicted octanol–water partition coefficient (Wildman–Crippen LogP) is 3.09. The van der Waals surface area contributed by atoms with Gasteiger partial charge in [0.15, 0.2) is 5.96 Å². The van der Waals surface area contributed by atoms with Gasteiger partial charge in [0.25, 0.3) is 0 Å². The Balaban J connectivity index is 1.82. The number of rotatable bonds is 3. The van der Waals surface area contributed by atoms with Crippen molar-refractivity contribution < 1.29 is 4.79 Å². The van der Waals surface area contributed by atoms with Crippen molar-refractivity contribution in [2.75, 3.05) is 7.05 Å². The maximum absolute atomic E-state index is 13.0. The lowest BCUT2D eigenvalue weighted by atomic mass is 9.75. The number of hydrogen-bond acceptors (Lipinski definition) is 4. The minimum atomic E-state index is -0.656. The summed E-state index contributed by atoms with van der Waals surface area (Å²) in [6.07, 6.45) is 3.95. The Hall–Kier alpha value is -2.69. The van der Waals surface area contributed by atoms with Crippen LogP contribution in [-0.2, 0) is 10.3 Å². The number of aliphatic imine (C=N–C) groups is 1. The Bertz CT molecular complexity index is 902. The summed E-state index contributed by atoms with van der Waals surface area (Å²) in [4.78, 5) is 23.8. The van der Waals surface area contributed by atoms with Crippen molar-refractivity contribution in [1.82, 2.24) is 9.88 Å². The van der Waals surface area contributed by atoms with Gasteiger partial charge >= 0.3 is 0 Å². The summed E-state index contributed by atoms with van der Waals surface area (Å²) in [7, 11) is 1.71. The van der Waals surface area contributed by atoms with E-state index in [2.05, 4.69) is 36.2 Å². The van der Waals surface area contributed by atoms with Crippen LogP contribution in [-0.4, -0.2) is 28.8 Å². The predicted molar refractivity (Wildman–Crippen MR) is 102 cm³/mol. The molecule has 5 nitrogen and oxygen atoms in total. The molecule has 2 atom stereocenters. The summed E-state index contributed by atoms with van der Waals surface area (Å²) in [6.45, 7) is 4.10. The molecule has 0 radical (unpaired) electrons. The van der Waals surface area contributed by atoms with E-state index in [1.165, 1.54) is 10.5 Å². The first kappa shape index (κ1) is 16.8. The molecule has 4 rings (SSSR count). The molecule has 1 aromatic carbocycles. The molecule has 1 fully saturated rings. The SMILES string of the molecule is Cc1cccc(-c2cc([C@@]3(C)N=C(N)N(C)C(=O)[C@@H]3C3CC3)ccn2)c1. The summed E-state index contributed by atoms with van der Waals surface area (Å²) in [6, 6.07) is 12.3. The van der Waals surface area contributed by atoms with Gasteiger partial charge in [-0.3, -0.25) is 14.7 Å². The van der Waals surface area contributed by atoms with Crippen LogP contribution >= 0.6 is 0 Å². The van der Waals surface area contributed by atoms with Crippen LogP contribution < -0.4 is 5.73 Å². The Morgan fingerprint density at radius 2 is 2.00 bits per heavy atom. The van der Waals surface area contributed by atoms with Crippen LogP contribution in [0.1, 0.15) is 30.9 Å². The number of nitrogens with two attached hydrogens (primary N) is 1. The van der Waals surface area contributed by atoms with Crippen LogP contribution in [0.3, 0.4) is 0 Å². The monoisotopic (exact) mass is 348 g/mol. The molecule has 1 aliphatic heterocycles. The topological polar surface area (TPSA) is 71.6 Å². The minimum absolute atomic E-state index is 0.0661. The Labute approximate surface area is 154 Å². The number of carbonyl (C=O) groups excluding carboxylic acids is 1. The number of amides is 1. The molecule has 2 aliphatic rings. The van der Waals surface area contributed by atoms with E-state index in [9.17, 15) is 4.79 Å². The third-order valence-corrected chi connectivity index (χ3v) is 5.64. The van der Waals surface area contributed by atoms with Gasteiger partial charge in [-0.1, -0.05) is 23.8 Å². The largest absolute Gasteiger partial charge is 0.369 e. The molecule has 2 heterocycles. The third kappa shape index (κ3) is 2.68. The zero-order chi connectivity index (χ0) is 18.5. The van der Waals surface area contributed by atoms with Crippen molar-refractivity contribution in [1.29, 1.82) is 0 Å². The van der Waals surface area contributed by atoms with Crippen molar-refractivity contribution in [3.63, 3.8) is 0 Å². The molecule has 1 amide bonds. The fourth-order valence-corrected chi connectivity index (χ4v) is 3.99. The number of pyridine rings is 1. The molecule has 1 aromatic heterocycles. The van der Waals surface area contributed by atoms with Gasteiger partial charge in [-0.15, -0.1) is 0 Å². The molecule has 134 valence electrons. The fraction of sp³-hybridized carbons (Fsp3) is 0.381. The number of nitrogens with zero attached hydrogens (tertiary/aromatic N) is 3. The fourth-order valence-electron chi connectivity index (χ4n) is 3.99. The average Bonchev–Trinajstić information content (AvgIpc) is 3.45. The van der Waals surface area contributed by atoms with Gasteiger partial charge in [-0.05, 0) is 56.4 Å². The van der Waals surface area contributed by atoms with E-state index in [1.807, 2.05) is 19.1 Å². The third-order valence-electron chi connectivity index (χ3n) is 5.64. The Morgan fingerprint density at radius 1 is 1.23 bits per heavy atom. The number of aryl methyl sites for hydroxylation is 1. The first-order chi connectivity index (χ1) is 12.4. The molecule has 2 N–H and O–H groups in total. The van der Waals surface area contributed by atoms with Crippen molar-refractivity contribution in [3.8, 4) is 11.3 Å². The summed E-state index contributed by atoms with van der Waals surface area (Å²) in [5.41, 5.74) is 9.55. The summed E-state index contributed by atoms with van der Waals surface area (Å²) in [5, 5.41) is 0. The Morgan fingerprint density at radius 3 is 2.69 bits per heavy atom. The van der Waals surface area contributed by atoms with Crippen LogP contribution in [0.15, 0.2) is 47.6 Å². The highest BCUT2D eigenvalue weighted by molar-refractivity contribution is 6.00. The number of benzene rings is 1. The average molecular weight is 348 g/mol. The summed E-state index contributed by atoms with van der Waals surface area (Å²) in [5.74, 6) is 0.551. The van der Waals surface area contributed by atoms with Gasteiger partial charge in [0, 0.05) is 18.8 Å².